The molecule has 0 aliphatic heterocycles. The molecule has 0 saturated heterocycles. The highest BCUT2D eigenvalue weighted by Crippen LogP contribution is 2.23. The van der Waals surface area contributed by atoms with E-state index >= 15 is 0 Å². The van der Waals surface area contributed by atoms with Crippen molar-refractivity contribution in [2.24, 2.45) is 0 Å². The van der Waals surface area contributed by atoms with Crippen molar-refractivity contribution < 1.29 is 13.2 Å². The molecule has 0 aliphatic carbocycles. The molecular weight excluding hydrogens is 398 g/mol. The summed E-state index contributed by atoms with van der Waals surface area (Å²) in [6.07, 6.45) is 4.25. The third-order valence-corrected chi connectivity index (χ3v) is 6.36. The van der Waals surface area contributed by atoms with Crippen LogP contribution in [0, 0.1) is 0 Å². The van der Waals surface area contributed by atoms with E-state index in [0.717, 1.165) is 35.3 Å². The lowest BCUT2D eigenvalue weighted by atomic mass is 10.1. The van der Waals surface area contributed by atoms with Gasteiger partial charge >= 0.3 is 0 Å². The number of nitrogens with one attached hydrogen (secondary N) is 1. The second-order valence-electron chi connectivity index (χ2n) is 7.22. The van der Waals surface area contributed by atoms with E-state index in [1.807, 2.05) is 73.8 Å². The highest BCUT2D eigenvalue weighted by molar-refractivity contribution is 7.92. The Hall–Kier alpha value is -2.93. The van der Waals surface area contributed by atoms with E-state index in [2.05, 4.69) is 5.32 Å². The van der Waals surface area contributed by atoms with Gasteiger partial charge < -0.3 is 5.32 Å². The Balaban J connectivity index is 1.75. The molecule has 0 atom stereocenters. The lowest BCUT2D eigenvalue weighted by molar-refractivity contribution is -0.118. The van der Waals surface area contributed by atoms with Crippen molar-refractivity contribution in [3.63, 3.8) is 0 Å². The van der Waals surface area contributed by atoms with E-state index in [1.54, 1.807) is 4.68 Å². The van der Waals surface area contributed by atoms with Crippen molar-refractivity contribution in [2.75, 3.05) is 11.5 Å². The second-order valence-corrected chi connectivity index (χ2v) is 9.41. The fraction of sp³-hybridized carbons (Fsp3) is 0.304. The molecule has 1 N–H and O–H groups in total. The number of benzene rings is 2. The van der Waals surface area contributed by atoms with Gasteiger partial charge in [0.05, 0.1) is 17.1 Å². The fourth-order valence-corrected chi connectivity index (χ4v) is 4.47. The van der Waals surface area contributed by atoms with Gasteiger partial charge in [-0.1, -0.05) is 68.3 Å². The van der Waals surface area contributed by atoms with Gasteiger partial charge in [-0.3, -0.25) is 4.79 Å². The van der Waals surface area contributed by atoms with Crippen LogP contribution in [0.2, 0.25) is 0 Å². The van der Waals surface area contributed by atoms with Crippen molar-refractivity contribution in [1.29, 1.82) is 0 Å². The number of nitrogens with zero attached hydrogens (tertiary/aromatic N) is 2. The fourth-order valence-electron chi connectivity index (χ4n) is 3.18. The summed E-state index contributed by atoms with van der Waals surface area (Å²) in [5.41, 5.74) is 3.42. The maximum atomic E-state index is 12.3. The lowest BCUT2D eigenvalue weighted by Gasteiger charge is -2.07. The first kappa shape index (κ1) is 21.8. The van der Waals surface area contributed by atoms with Gasteiger partial charge in [-0.2, -0.15) is 5.10 Å². The molecule has 1 heterocycles. The molecule has 0 aliphatic rings. The van der Waals surface area contributed by atoms with Crippen LogP contribution in [0.1, 0.15) is 31.7 Å². The Labute approximate surface area is 177 Å². The number of unbranched alkanes of at least 4 members (excludes halogenated alkanes) is 2. The molecule has 6 nitrogen and oxygen atoms in total. The molecule has 0 fully saturated rings. The molecule has 0 spiro atoms. The third-order valence-electron chi connectivity index (χ3n) is 4.74. The predicted octanol–water partition coefficient (Wildman–Crippen LogP) is 3.76. The zero-order chi connectivity index (χ0) is 21.4. The topological polar surface area (TPSA) is 81.1 Å². The average molecular weight is 426 g/mol. The van der Waals surface area contributed by atoms with Gasteiger partial charge in [0.15, 0.2) is 9.84 Å². The zero-order valence-corrected chi connectivity index (χ0v) is 17.9. The minimum Gasteiger partial charge on any atom is -0.351 e. The highest BCUT2D eigenvalue weighted by Gasteiger charge is 2.18. The van der Waals surface area contributed by atoms with Gasteiger partial charge in [-0.15, -0.1) is 0 Å². The van der Waals surface area contributed by atoms with E-state index in [0.29, 0.717) is 6.42 Å². The molecule has 30 heavy (non-hydrogen) atoms. The Morgan fingerprint density at radius 2 is 1.67 bits per heavy atom. The Bertz CT molecular complexity index is 1060. The molecule has 0 radical (unpaired) electrons. The Morgan fingerprint density at radius 1 is 1.00 bits per heavy atom. The summed E-state index contributed by atoms with van der Waals surface area (Å²) in [4.78, 5) is 12.3. The molecular formula is C23H27N3O3S. The molecule has 3 aromatic rings. The van der Waals surface area contributed by atoms with E-state index < -0.39 is 21.5 Å². The SMILES string of the molecule is CCCCCS(=O)(=O)CC(=O)NCc1cn(-c2ccccc2)nc1-c1ccccc1. The number of carbonyl (C=O) groups excluding carboxylic acids is 1. The molecule has 2 aromatic carbocycles. The summed E-state index contributed by atoms with van der Waals surface area (Å²) >= 11 is 0. The number of sulfone groups is 1. The number of para-hydroxylation sites is 1. The van der Waals surface area contributed by atoms with Gasteiger partial charge in [0.2, 0.25) is 5.91 Å². The lowest BCUT2D eigenvalue weighted by Crippen LogP contribution is -2.31. The van der Waals surface area contributed by atoms with E-state index in [9.17, 15) is 13.2 Å². The van der Waals surface area contributed by atoms with Gasteiger partial charge in [0.1, 0.15) is 5.75 Å². The third kappa shape index (κ3) is 6.03. The standard InChI is InChI=1S/C23H27N3O3S/c1-2-3-10-15-30(28,29)18-22(27)24-16-20-17-26(21-13-8-5-9-14-21)25-23(20)19-11-6-4-7-12-19/h4-9,11-14,17H,2-3,10,15-16,18H2,1H3,(H,24,27). The summed E-state index contributed by atoms with van der Waals surface area (Å²) in [6, 6.07) is 19.4. The van der Waals surface area contributed by atoms with Crippen molar-refractivity contribution in [2.45, 2.75) is 32.7 Å². The quantitative estimate of drug-likeness (QED) is 0.502. The first-order chi connectivity index (χ1) is 14.5. The van der Waals surface area contributed by atoms with Crippen molar-refractivity contribution in [1.82, 2.24) is 15.1 Å². The normalized spacial score (nSPS) is 11.4. The predicted molar refractivity (Wildman–Crippen MR) is 119 cm³/mol. The number of hydrogen-bond donors (Lipinski definition) is 1. The van der Waals surface area contributed by atoms with Gasteiger partial charge in [-0.25, -0.2) is 13.1 Å². The maximum absolute atomic E-state index is 12.3. The number of hydrogen-bond acceptors (Lipinski definition) is 4. The van der Waals surface area contributed by atoms with Crippen LogP contribution < -0.4 is 5.32 Å². The number of carbonyl (C=O) groups is 1. The summed E-state index contributed by atoms with van der Waals surface area (Å²) in [5, 5.41) is 7.45. The molecule has 7 heteroatoms. The first-order valence-corrected chi connectivity index (χ1v) is 12.0. The van der Waals surface area contributed by atoms with E-state index in [4.69, 9.17) is 5.10 Å². The Morgan fingerprint density at radius 3 is 2.33 bits per heavy atom. The number of amides is 1. The minimum absolute atomic E-state index is 0.0511. The second kappa shape index (κ2) is 10.2. The summed E-state index contributed by atoms with van der Waals surface area (Å²) in [5.74, 6) is -0.919. The average Bonchev–Trinajstić information content (AvgIpc) is 3.18. The van der Waals surface area contributed by atoms with Crippen LogP contribution in [0.3, 0.4) is 0 Å². The first-order valence-electron chi connectivity index (χ1n) is 10.1. The maximum Gasteiger partial charge on any atom is 0.235 e. The number of aromatic nitrogens is 2. The summed E-state index contributed by atoms with van der Waals surface area (Å²) in [7, 11) is -3.39. The molecule has 3 rings (SSSR count). The van der Waals surface area contributed by atoms with E-state index in [-0.39, 0.29) is 12.3 Å². The minimum atomic E-state index is -3.39. The van der Waals surface area contributed by atoms with Crippen LogP contribution >= 0.6 is 0 Å². The smallest absolute Gasteiger partial charge is 0.235 e. The van der Waals surface area contributed by atoms with Gasteiger partial charge in [0, 0.05) is 23.9 Å². The Kier molecular flexibility index (Phi) is 7.41. The largest absolute Gasteiger partial charge is 0.351 e. The van der Waals surface area contributed by atoms with Crippen LogP contribution in [0.25, 0.3) is 16.9 Å². The molecule has 0 bridgehead atoms. The van der Waals surface area contributed by atoms with Crippen molar-refractivity contribution >= 4 is 15.7 Å². The van der Waals surface area contributed by atoms with Crippen LogP contribution in [-0.2, 0) is 21.2 Å². The molecule has 158 valence electrons. The van der Waals surface area contributed by atoms with Crippen LogP contribution in [0.5, 0.6) is 0 Å². The molecule has 1 aromatic heterocycles. The van der Waals surface area contributed by atoms with Gasteiger partial charge in [0.25, 0.3) is 0 Å². The molecule has 1 amide bonds. The highest BCUT2D eigenvalue weighted by atomic mass is 32.2. The zero-order valence-electron chi connectivity index (χ0n) is 17.1. The van der Waals surface area contributed by atoms with Gasteiger partial charge in [-0.05, 0) is 18.6 Å². The van der Waals surface area contributed by atoms with Crippen molar-refractivity contribution in [3.8, 4) is 16.9 Å². The van der Waals surface area contributed by atoms with Crippen LogP contribution in [0.4, 0.5) is 0 Å². The molecule has 0 saturated carbocycles. The number of rotatable bonds is 10. The van der Waals surface area contributed by atoms with Crippen LogP contribution in [-0.4, -0.2) is 35.6 Å². The van der Waals surface area contributed by atoms with E-state index in [1.165, 1.54) is 0 Å². The molecule has 0 unspecified atom stereocenters. The van der Waals surface area contributed by atoms with Crippen molar-refractivity contribution in [3.05, 3.63) is 72.4 Å². The summed E-state index contributed by atoms with van der Waals surface area (Å²) in [6.45, 7) is 2.22. The monoisotopic (exact) mass is 425 g/mol. The van der Waals surface area contributed by atoms with Crippen LogP contribution in [0.15, 0.2) is 66.9 Å². The summed E-state index contributed by atoms with van der Waals surface area (Å²) < 4.78 is 26.0.